The van der Waals surface area contributed by atoms with E-state index in [1.54, 1.807) is 18.4 Å². The number of halogens is 1. The van der Waals surface area contributed by atoms with Gasteiger partial charge >= 0.3 is 0 Å². The molecule has 0 unspecified atom stereocenters. The number of hydrogen-bond acceptors (Lipinski definition) is 4. The molecule has 130 valence electrons. The molecule has 3 nitrogen and oxygen atoms in total. The Morgan fingerprint density at radius 3 is 2.64 bits per heavy atom. The van der Waals surface area contributed by atoms with Crippen molar-refractivity contribution in [3.63, 3.8) is 0 Å². The molecule has 0 saturated heterocycles. The molecular weight excluding hydrogens is 354 g/mol. The van der Waals surface area contributed by atoms with E-state index < -0.39 is 0 Å². The van der Waals surface area contributed by atoms with Crippen molar-refractivity contribution in [2.75, 3.05) is 7.11 Å². The number of ether oxygens (including phenoxy) is 2. The summed E-state index contributed by atoms with van der Waals surface area (Å²) in [5.74, 6) is 1.44. The summed E-state index contributed by atoms with van der Waals surface area (Å²) in [4.78, 5) is 1.33. The zero-order valence-electron chi connectivity index (χ0n) is 14.0. The molecule has 3 aromatic rings. The van der Waals surface area contributed by atoms with Crippen molar-refractivity contribution in [2.24, 2.45) is 0 Å². The summed E-state index contributed by atoms with van der Waals surface area (Å²) in [7, 11) is 1.65. The summed E-state index contributed by atoms with van der Waals surface area (Å²) in [5.41, 5.74) is 2.10. The molecule has 1 N–H and O–H groups in total. The van der Waals surface area contributed by atoms with Crippen molar-refractivity contribution in [1.82, 2.24) is 5.32 Å². The Kier molecular flexibility index (Phi) is 6.34. The van der Waals surface area contributed by atoms with Crippen LogP contribution >= 0.6 is 22.9 Å². The van der Waals surface area contributed by atoms with Gasteiger partial charge in [0.25, 0.3) is 0 Å². The van der Waals surface area contributed by atoms with E-state index in [1.807, 2.05) is 42.5 Å². The van der Waals surface area contributed by atoms with Crippen molar-refractivity contribution >= 4 is 22.9 Å². The van der Waals surface area contributed by atoms with Crippen LogP contribution in [0.15, 0.2) is 60.0 Å². The van der Waals surface area contributed by atoms with E-state index in [0.29, 0.717) is 17.4 Å². The Morgan fingerprint density at radius 1 is 1.00 bits per heavy atom. The average molecular weight is 374 g/mol. The largest absolute Gasteiger partial charge is 0.493 e. The molecular formula is C20H20ClNO2S. The van der Waals surface area contributed by atoms with Crippen molar-refractivity contribution in [2.45, 2.75) is 19.7 Å². The standard InChI is InChI=1S/C20H20ClNO2S/c1-23-20-11-15(12-22-13-17-6-4-10-25-17)8-9-19(20)24-14-16-5-2-3-7-18(16)21/h2-11,22H,12-14H2,1H3. The Hall–Kier alpha value is -2.01. The molecule has 0 aliphatic rings. The number of thiophene rings is 1. The van der Waals surface area contributed by atoms with Gasteiger partial charge in [0.2, 0.25) is 0 Å². The third-order valence-electron chi connectivity index (χ3n) is 3.78. The lowest BCUT2D eigenvalue weighted by Gasteiger charge is -2.13. The first-order valence-corrected chi connectivity index (χ1v) is 9.28. The van der Waals surface area contributed by atoms with Crippen LogP contribution in [0.25, 0.3) is 0 Å². The normalized spacial score (nSPS) is 10.6. The van der Waals surface area contributed by atoms with Crippen LogP contribution in [-0.2, 0) is 19.7 Å². The van der Waals surface area contributed by atoms with E-state index in [0.717, 1.165) is 30.0 Å². The van der Waals surface area contributed by atoms with E-state index in [9.17, 15) is 0 Å². The van der Waals surface area contributed by atoms with E-state index in [4.69, 9.17) is 21.1 Å². The predicted octanol–water partition coefficient (Wildman–Crippen LogP) is 5.28. The maximum atomic E-state index is 6.17. The molecule has 0 radical (unpaired) electrons. The highest BCUT2D eigenvalue weighted by molar-refractivity contribution is 7.09. The molecule has 2 aromatic carbocycles. The highest BCUT2D eigenvalue weighted by Gasteiger charge is 2.07. The van der Waals surface area contributed by atoms with Gasteiger partial charge in [-0.05, 0) is 35.2 Å². The molecule has 1 heterocycles. The second-order valence-electron chi connectivity index (χ2n) is 5.55. The van der Waals surface area contributed by atoms with Gasteiger partial charge in [0.1, 0.15) is 6.61 Å². The van der Waals surface area contributed by atoms with E-state index in [1.165, 1.54) is 4.88 Å². The fourth-order valence-corrected chi connectivity index (χ4v) is 3.32. The lowest BCUT2D eigenvalue weighted by molar-refractivity contribution is 0.284. The van der Waals surface area contributed by atoms with Gasteiger partial charge in [-0.15, -0.1) is 11.3 Å². The minimum absolute atomic E-state index is 0.409. The maximum Gasteiger partial charge on any atom is 0.161 e. The molecule has 25 heavy (non-hydrogen) atoms. The molecule has 5 heteroatoms. The minimum Gasteiger partial charge on any atom is -0.493 e. The van der Waals surface area contributed by atoms with Crippen LogP contribution < -0.4 is 14.8 Å². The summed E-state index contributed by atoms with van der Waals surface area (Å²) >= 11 is 7.93. The second kappa shape index (κ2) is 8.90. The molecule has 0 spiro atoms. The SMILES string of the molecule is COc1cc(CNCc2cccs2)ccc1OCc1ccccc1Cl. The van der Waals surface area contributed by atoms with Gasteiger partial charge in [-0.1, -0.05) is 41.9 Å². The van der Waals surface area contributed by atoms with Crippen LogP contribution in [0, 0.1) is 0 Å². The summed E-state index contributed by atoms with van der Waals surface area (Å²) in [6.45, 7) is 2.05. The van der Waals surface area contributed by atoms with Crippen LogP contribution in [0.4, 0.5) is 0 Å². The molecule has 1 aromatic heterocycles. The van der Waals surface area contributed by atoms with Gasteiger partial charge in [0, 0.05) is 28.6 Å². The van der Waals surface area contributed by atoms with E-state index >= 15 is 0 Å². The molecule has 3 rings (SSSR count). The van der Waals surface area contributed by atoms with Crippen molar-refractivity contribution in [3.8, 4) is 11.5 Å². The first-order chi connectivity index (χ1) is 12.3. The van der Waals surface area contributed by atoms with Gasteiger partial charge in [0.05, 0.1) is 7.11 Å². The number of nitrogens with one attached hydrogen (secondary N) is 1. The van der Waals surface area contributed by atoms with Gasteiger partial charge < -0.3 is 14.8 Å². The number of methoxy groups -OCH3 is 1. The van der Waals surface area contributed by atoms with Crippen LogP contribution in [0.3, 0.4) is 0 Å². The number of hydrogen-bond donors (Lipinski definition) is 1. The summed E-state index contributed by atoms with van der Waals surface area (Å²) in [6, 6.07) is 17.9. The Bertz CT molecular complexity index is 805. The molecule has 0 bridgehead atoms. The predicted molar refractivity (Wildman–Crippen MR) is 104 cm³/mol. The summed E-state index contributed by atoms with van der Waals surface area (Å²) < 4.78 is 11.4. The Balaban J connectivity index is 1.60. The van der Waals surface area contributed by atoms with Crippen LogP contribution in [-0.4, -0.2) is 7.11 Å². The summed E-state index contributed by atoms with van der Waals surface area (Å²) in [6.07, 6.45) is 0. The smallest absolute Gasteiger partial charge is 0.161 e. The van der Waals surface area contributed by atoms with Gasteiger partial charge in [-0.3, -0.25) is 0 Å². The highest BCUT2D eigenvalue weighted by atomic mass is 35.5. The second-order valence-corrected chi connectivity index (χ2v) is 6.99. The van der Waals surface area contributed by atoms with E-state index in [2.05, 4.69) is 22.8 Å². The summed E-state index contributed by atoms with van der Waals surface area (Å²) in [5, 5.41) is 6.23. The lowest BCUT2D eigenvalue weighted by Crippen LogP contribution is -2.11. The number of benzene rings is 2. The van der Waals surface area contributed by atoms with Crippen LogP contribution in [0.1, 0.15) is 16.0 Å². The van der Waals surface area contributed by atoms with E-state index in [-0.39, 0.29) is 0 Å². The molecule has 0 saturated carbocycles. The Morgan fingerprint density at radius 2 is 1.88 bits per heavy atom. The van der Waals surface area contributed by atoms with Gasteiger partial charge in [-0.25, -0.2) is 0 Å². The first-order valence-electron chi connectivity index (χ1n) is 8.02. The monoisotopic (exact) mass is 373 g/mol. The zero-order valence-corrected chi connectivity index (χ0v) is 15.6. The molecule has 0 fully saturated rings. The number of rotatable bonds is 8. The highest BCUT2D eigenvalue weighted by Crippen LogP contribution is 2.29. The third-order valence-corrected chi connectivity index (χ3v) is 5.02. The fraction of sp³-hybridized carbons (Fsp3) is 0.200. The molecule has 0 amide bonds. The van der Waals surface area contributed by atoms with Crippen molar-refractivity contribution in [1.29, 1.82) is 0 Å². The minimum atomic E-state index is 0.409. The first kappa shape index (κ1) is 17.8. The molecule has 0 aliphatic carbocycles. The van der Waals surface area contributed by atoms with Crippen LogP contribution in [0.5, 0.6) is 11.5 Å². The van der Waals surface area contributed by atoms with Gasteiger partial charge in [0.15, 0.2) is 11.5 Å². The van der Waals surface area contributed by atoms with Crippen LogP contribution in [0.2, 0.25) is 5.02 Å². The van der Waals surface area contributed by atoms with Crippen molar-refractivity contribution in [3.05, 3.63) is 81.0 Å². The topological polar surface area (TPSA) is 30.5 Å². The fourth-order valence-electron chi connectivity index (χ4n) is 2.46. The molecule has 0 atom stereocenters. The van der Waals surface area contributed by atoms with Gasteiger partial charge in [-0.2, -0.15) is 0 Å². The zero-order chi connectivity index (χ0) is 17.5. The molecule has 0 aliphatic heterocycles. The Labute approximate surface area is 157 Å². The lowest BCUT2D eigenvalue weighted by atomic mass is 10.2. The third kappa shape index (κ3) is 4.98. The van der Waals surface area contributed by atoms with Crippen molar-refractivity contribution < 1.29 is 9.47 Å². The maximum absolute atomic E-state index is 6.17. The average Bonchev–Trinajstić information content (AvgIpc) is 3.15. The quantitative estimate of drug-likeness (QED) is 0.582.